The van der Waals surface area contributed by atoms with Crippen LogP contribution in [0.25, 0.3) is 0 Å². The molecular weight excluding hydrogens is 186 g/mol. The first-order valence-electron chi connectivity index (χ1n) is 5.68. The molecule has 0 aliphatic carbocycles. The Bertz CT molecular complexity index is 282. The van der Waals surface area contributed by atoms with Gasteiger partial charge in [-0.05, 0) is 17.5 Å². The number of pyridine rings is 1. The van der Waals surface area contributed by atoms with E-state index in [4.69, 9.17) is 5.73 Å². The molecule has 3 nitrogen and oxygen atoms in total. The van der Waals surface area contributed by atoms with Crippen molar-refractivity contribution >= 4 is 5.69 Å². The van der Waals surface area contributed by atoms with E-state index < -0.39 is 0 Å². The normalized spacial score (nSPS) is 10.7. The number of anilines is 1. The number of nitrogens with two attached hydrogens (primary N) is 1. The van der Waals surface area contributed by atoms with Gasteiger partial charge in [0, 0.05) is 19.3 Å². The zero-order chi connectivity index (χ0) is 11.1. The van der Waals surface area contributed by atoms with E-state index in [1.54, 1.807) is 6.20 Å². The molecule has 0 radical (unpaired) electrons. The molecule has 0 amide bonds. The van der Waals surface area contributed by atoms with Gasteiger partial charge in [0.1, 0.15) is 0 Å². The van der Waals surface area contributed by atoms with Crippen LogP contribution in [0.5, 0.6) is 0 Å². The van der Waals surface area contributed by atoms with Crippen molar-refractivity contribution in [2.24, 2.45) is 11.7 Å². The second-order valence-electron chi connectivity index (χ2n) is 3.80. The van der Waals surface area contributed by atoms with Crippen molar-refractivity contribution in [1.82, 2.24) is 4.98 Å². The van der Waals surface area contributed by atoms with Crippen LogP contribution < -0.4 is 11.1 Å². The van der Waals surface area contributed by atoms with Crippen LogP contribution in [-0.2, 0) is 6.54 Å². The number of rotatable bonds is 6. The monoisotopic (exact) mass is 207 g/mol. The van der Waals surface area contributed by atoms with Gasteiger partial charge in [-0.1, -0.05) is 26.7 Å². The first-order valence-corrected chi connectivity index (χ1v) is 5.68. The van der Waals surface area contributed by atoms with Crippen LogP contribution in [0.1, 0.15) is 32.3 Å². The molecule has 1 aromatic rings. The highest BCUT2D eigenvalue weighted by molar-refractivity contribution is 5.48. The van der Waals surface area contributed by atoms with Crippen LogP contribution in [-0.4, -0.2) is 11.5 Å². The van der Waals surface area contributed by atoms with Crippen molar-refractivity contribution in [3.63, 3.8) is 0 Å². The Hall–Kier alpha value is -1.09. The molecule has 3 N–H and O–H groups in total. The molecule has 84 valence electrons. The second-order valence-corrected chi connectivity index (χ2v) is 3.80. The molecule has 0 aromatic carbocycles. The molecule has 1 heterocycles. The molecular formula is C12H21N3. The lowest BCUT2D eigenvalue weighted by Gasteiger charge is -2.15. The molecule has 0 bridgehead atoms. The molecule has 15 heavy (non-hydrogen) atoms. The van der Waals surface area contributed by atoms with Gasteiger partial charge < -0.3 is 11.1 Å². The van der Waals surface area contributed by atoms with Crippen molar-refractivity contribution in [3.8, 4) is 0 Å². The van der Waals surface area contributed by atoms with Crippen molar-refractivity contribution < 1.29 is 0 Å². The van der Waals surface area contributed by atoms with Gasteiger partial charge in [-0.3, -0.25) is 4.98 Å². The molecule has 0 atom stereocenters. The van der Waals surface area contributed by atoms with E-state index in [1.165, 1.54) is 12.8 Å². The average molecular weight is 207 g/mol. The fourth-order valence-corrected chi connectivity index (χ4v) is 1.59. The summed E-state index contributed by atoms with van der Waals surface area (Å²) in [6.45, 7) is 6.02. The Morgan fingerprint density at radius 1 is 1.40 bits per heavy atom. The van der Waals surface area contributed by atoms with Crippen molar-refractivity contribution in [1.29, 1.82) is 0 Å². The minimum Gasteiger partial charge on any atom is -0.383 e. The van der Waals surface area contributed by atoms with Crippen molar-refractivity contribution in [2.75, 3.05) is 11.9 Å². The predicted molar refractivity (Wildman–Crippen MR) is 64.7 cm³/mol. The van der Waals surface area contributed by atoms with Gasteiger partial charge in [-0.2, -0.15) is 0 Å². The molecule has 1 aromatic heterocycles. The van der Waals surface area contributed by atoms with Crippen molar-refractivity contribution in [3.05, 3.63) is 24.0 Å². The van der Waals surface area contributed by atoms with E-state index in [2.05, 4.69) is 24.1 Å². The van der Waals surface area contributed by atoms with Crippen LogP contribution >= 0.6 is 0 Å². The second kappa shape index (κ2) is 6.40. The third-order valence-corrected chi connectivity index (χ3v) is 2.87. The lowest BCUT2D eigenvalue weighted by molar-refractivity contribution is 0.519. The largest absolute Gasteiger partial charge is 0.383 e. The summed E-state index contributed by atoms with van der Waals surface area (Å²) >= 11 is 0. The summed E-state index contributed by atoms with van der Waals surface area (Å²) in [7, 11) is 0. The van der Waals surface area contributed by atoms with Gasteiger partial charge in [0.05, 0.1) is 11.9 Å². The van der Waals surface area contributed by atoms with Gasteiger partial charge in [0.15, 0.2) is 0 Å². The molecule has 0 saturated carbocycles. The molecule has 0 fully saturated rings. The van der Waals surface area contributed by atoms with E-state index in [0.717, 1.165) is 23.7 Å². The summed E-state index contributed by atoms with van der Waals surface area (Å²) < 4.78 is 0. The number of nitrogens with zero attached hydrogens (tertiary/aromatic N) is 1. The molecule has 0 unspecified atom stereocenters. The van der Waals surface area contributed by atoms with Gasteiger partial charge >= 0.3 is 0 Å². The van der Waals surface area contributed by atoms with E-state index in [0.29, 0.717) is 6.54 Å². The quantitative estimate of drug-likeness (QED) is 0.753. The average Bonchev–Trinajstić information content (AvgIpc) is 2.31. The van der Waals surface area contributed by atoms with Crippen LogP contribution in [0.15, 0.2) is 18.5 Å². The Morgan fingerprint density at radius 3 is 2.73 bits per heavy atom. The molecule has 0 spiro atoms. The molecule has 0 aliphatic rings. The minimum absolute atomic E-state index is 0.563. The van der Waals surface area contributed by atoms with E-state index in [9.17, 15) is 0 Å². The van der Waals surface area contributed by atoms with Crippen LogP contribution in [0.4, 0.5) is 5.69 Å². The third-order valence-electron chi connectivity index (χ3n) is 2.87. The number of hydrogen-bond acceptors (Lipinski definition) is 3. The maximum Gasteiger partial charge on any atom is 0.0572 e. The fourth-order valence-electron chi connectivity index (χ4n) is 1.59. The minimum atomic E-state index is 0.563. The van der Waals surface area contributed by atoms with E-state index >= 15 is 0 Å². The van der Waals surface area contributed by atoms with Crippen LogP contribution in [0, 0.1) is 5.92 Å². The number of aromatic nitrogens is 1. The summed E-state index contributed by atoms with van der Waals surface area (Å²) in [5.74, 6) is 0.732. The van der Waals surface area contributed by atoms with Crippen LogP contribution in [0.3, 0.4) is 0 Å². The highest BCUT2D eigenvalue weighted by Gasteiger charge is 2.04. The van der Waals surface area contributed by atoms with Crippen molar-refractivity contribution in [2.45, 2.75) is 33.2 Å². The topological polar surface area (TPSA) is 50.9 Å². The Balaban J connectivity index is 2.56. The summed E-state index contributed by atoms with van der Waals surface area (Å²) in [6, 6.07) is 1.97. The van der Waals surface area contributed by atoms with Gasteiger partial charge in [-0.25, -0.2) is 0 Å². The predicted octanol–water partition coefficient (Wildman–Crippen LogP) is 2.39. The molecule has 0 aliphatic heterocycles. The summed E-state index contributed by atoms with van der Waals surface area (Å²) in [6.07, 6.45) is 6.05. The highest BCUT2D eigenvalue weighted by atomic mass is 14.9. The van der Waals surface area contributed by atoms with E-state index in [1.807, 2.05) is 12.3 Å². The SMILES string of the molecule is CCC(CC)CNc1cnccc1CN. The zero-order valence-electron chi connectivity index (χ0n) is 9.66. The van der Waals surface area contributed by atoms with Gasteiger partial charge in [-0.15, -0.1) is 0 Å². The van der Waals surface area contributed by atoms with Gasteiger partial charge in [0.25, 0.3) is 0 Å². The van der Waals surface area contributed by atoms with Crippen LogP contribution in [0.2, 0.25) is 0 Å². The third kappa shape index (κ3) is 3.51. The Morgan fingerprint density at radius 2 is 2.13 bits per heavy atom. The first-order chi connectivity index (χ1) is 7.31. The summed E-state index contributed by atoms with van der Waals surface area (Å²) in [4.78, 5) is 4.10. The maximum atomic E-state index is 5.65. The molecule has 3 heteroatoms. The fraction of sp³-hybridized carbons (Fsp3) is 0.583. The zero-order valence-corrected chi connectivity index (χ0v) is 9.66. The number of nitrogens with one attached hydrogen (secondary N) is 1. The standard InChI is InChI=1S/C12H21N3/c1-3-10(4-2)8-15-12-9-14-6-5-11(12)7-13/h5-6,9-10,15H,3-4,7-8,13H2,1-2H3. The highest BCUT2D eigenvalue weighted by Crippen LogP contribution is 2.14. The smallest absolute Gasteiger partial charge is 0.0572 e. The Kier molecular flexibility index (Phi) is 5.12. The lowest BCUT2D eigenvalue weighted by atomic mass is 10.0. The molecule has 1 rings (SSSR count). The lowest BCUT2D eigenvalue weighted by Crippen LogP contribution is -2.14. The molecule has 0 saturated heterocycles. The first kappa shape index (κ1) is 12.0. The summed E-state index contributed by atoms with van der Waals surface area (Å²) in [5, 5.41) is 3.42. The van der Waals surface area contributed by atoms with E-state index in [-0.39, 0.29) is 0 Å². The van der Waals surface area contributed by atoms with Gasteiger partial charge in [0.2, 0.25) is 0 Å². The summed E-state index contributed by atoms with van der Waals surface area (Å²) in [5.41, 5.74) is 7.87. The number of hydrogen-bond donors (Lipinski definition) is 2. The Labute approximate surface area is 92.1 Å². The maximum absolute atomic E-state index is 5.65.